The maximum absolute atomic E-state index is 12.4. The summed E-state index contributed by atoms with van der Waals surface area (Å²) in [5, 5.41) is 0. The van der Waals surface area contributed by atoms with Gasteiger partial charge in [-0.25, -0.2) is 4.98 Å². The van der Waals surface area contributed by atoms with Gasteiger partial charge in [-0.1, -0.05) is 12.1 Å². The molecule has 0 bridgehead atoms. The van der Waals surface area contributed by atoms with Crippen LogP contribution in [-0.4, -0.2) is 9.97 Å². The molecular weight excluding hydrogens is 229 g/mol. The summed E-state index contributed by atoms with van der Waals surface area (Å²) in [5.41, 5.74) is 1.25. The molecule has 0 N–H and O–H groups in total. The smallest absolute Gasteiger partial charge is 0.261 e. The summed E-state index contributed by atoms with van der Waals surface area (Å²) in [6, 6.07) is 4.87. The third-order valence-electron chi connectivity index (χ3n) is 2.26. The zero-order chi connectivity index (χ0) is 12.5. The minimum absolute atomic E-state index is 0.568. The molecule has 0 fully saturated rings. The van der Waals surface area contributed by atoms with Crippen molar-refractivity contribution in [1.82, 2.24) is 9.97 Å². The topological polar surface area (TPSA) is 25.8 Å². The van der Waals surface area contributed by atoms with Gasteiger partial charge >= 0.3 is 6.18 Å². The van der Waals surface area contributed by atoms with Crippen molar-refractivity contribution in [2.75, 3.05) is 0 Å². The lowest BCUT2D eigenvalue weighted by Gasteiger charge is -2.07. The Morgan fingerprint density at radius 1 is 1.00 bits per heavy atom. The van der Waals surface area contributed by atoms with Crippen molar-refractivity contribution in [2.24, 2.45) is 0 Å². The van der Waals surface area contributed by atoms with Crippen molar-refractivity contribution < 1.29 is 13.2 Å². The molecule has 1 heterocycles. The van der Waals surface area contributed by atoms with E-state index in [-0.39, 0.29) is 0 Å². The first-order chi connectivity index (χ1) is 7.97. The third-order valence-corrected chi connectivity index (χ3v) is 2.26. The van der Waals surface area contributed by atoms with Gasteiger partial charge in [0.2, 0.25) is 0 Å². The normalized spacial score (nSPS) is 11.5. The molecule has 0 aliphatic carbocycles. The van der Waals surface area contributed by atoms with Crippen LogP contribution in [0.5, 0.6) is 0 Å². The summed E-state index contributed by atoms with van der Waals surface area (Å²) in [4.78, 5) is 8.14. The van der Waals surface area contributed by atoms with E-state index in [1.54, 1.807) is 13.1 Å². The average Bonchev–Trinajstić information content (AvgIpc) is 2.28. The Labute approximate surface area is 96.2 Å². The number of hydrogen-bond donors (Lipinski definition) is 0. The Hall–Kier alpha value is -1.91. The maximum atomic E-state index is 12.4. The molecule has 0 saturated heterocycles. The van der Waals surface area contributed by atoms with Gasteiger partial charge in [-0.3, -0.25) is 4.98 Å². The number of aromatic nitrogens is 2. The Morgan fingerprint density at radius 2 is 1.65 bits per heavy atom. The van der Waals surface area contributed by atoms with Crippen LogP contribution in [0.15, 0.2) is 36.7 Å². The van der Waals surface area contributed by atoms with E-state index in [4.69, 9.17) is 0 Å². The minimum atomic E-state index is -4.31. The van der Waals surface area contributed by atoms with E-state index in [9.17, 15) is 13.2 Å². The molecule has 0 aliphatic heterocycles. The highest BCUT2D eigenvalue weighted by Gasteiger charge is 2.29. The van der Waals surface area contributed by atoms with Crippen LogP contribution in [0.25, 0.3) is 11.3 Å². The molecule has 0 aliphatic rings. The minimum Gasteiger partial charge on any atom is -0.261 e. The first kappa shape index (κ1) is 11.6. The van der Waals surface area contributed by atoms with Crippen LogP contribution in [0.4, 0.5) is 13.2 Å². The van der Waals surface area contributed by atoms with Gasteiger partial charge < -0.3 is 0 Å². The number of nitrogens with zero attached hydrogens (tertiary/aromatic N) is 2. The fraction of sp³-hybridized carbons (Fsp3) is 0.167. The summed E-state index contributed by atoms with van der Waals surface area (Å²) in [7, 11) is 0. The van der Waals surface area contributed by atoms with E-state index in [2.05, 4.69) is 9.97 Å². The number of aryl methyl sites for hydroxylation is 1. The van der Waals surface area contributed by atoms with Crippen LogP contribution >= 0.6 is 0 Å². The Morgan fingerprint density at radius 3 is 2.18 bits per heavy atom. The highest BCUT2D eigenvalue weighted by Crippen LogP contribution is 2.30. The van der Waals surface area contributed by atoms with Crippen LogP contribution in [0.2, 0.25) is 0 Å². The van der Waals surface area contributed by atoms with E-state index in [0.717, 1.165) is 17.8 Å². The van der Waals surface area contributed by atoms with E-state index in [0.29, 0.717) is 11.3 Å². The first-order valence-electron chi connectivity index (χ1n) is 4.93. The second kappa shape index (κ2) is 4.16. The maximum Gasteiger partial charge on any atom is 0.416 e. The van der Waals surface area contributed by atoms with Gasteiger partial charge in [0.05, 0.1) is 23.1 Å². The van der Waals surface area contributed by atoms with Crippen LogP contribution in [0, 0.1) is 6.92 Å². The highest BCUT2D eigenvalue weighted by atomic mass is 19.4. The second-order valence-corrected chi connectivity index (χ2v) is 3.62. The van der Waals surface area contributed by atoms with E-state index >= 15 is 0 Å². The van der Waals surface area contributed by atoms with E-state index in [1.165, 1.54) is 18.3 Å². The van der Waals surface area contributed by atoms with Crippen molar-refractivity contribution in [3.05, 3.63) is 47.9 Å². The zero-order valence-electron chi connectivity index (χ0n) is 8.99. The van der Waals surface area contributed by atoms with Gasteiger partial charge in [0.1, 0.15) is 0 Å². The number of benzene rings is 1. The number of hydrogen-bond acceptors (Lipinski definition) is 2. The zero-order valence-corrected chi connectivity index (χ0v) is 8.99. The van der Waals surface area contributed by atoms with Gasteiger partial charge in [-0.15, -0.1) is 0 Å². The molecule has 0 atom stereocenters. The molecule has 2 nitrogen and oxygen atoms in total. The first-order valence-corrected chi connectivity index (χ1v) is 4.93. The molecule has 2 aromatic rings. The van der Waals surface area contributed by atoms with E-state index in [1.807, 2.05) is 0 Å². The quantitative estimate of drug-likeness (QED) is 0.760. The number of alkyl halides is 3. The lowest BCUT2D eigenvalue weighted by molar-refractivity contribution is -0.137. The van der Waals surface area contributed by atoms with Crippen molar-refractivity contribution in [2.45, 2.75) is 13.1 Å². The van der Waals surface area contributed by atoms with Gasteiger partial charge in [0.15, 0.2) is 0 Å². The summed E-state index contributed by atoms with van der Waals surface area (Å²) in [6.45, 7) is 1.78. The monoisotopic (exact) mass is 238 g/mol. The summed E-state index contributed by atoms with van der Waals surface area (Å²) < 4.78 is 37.1. The van der Waals surface area contributed by atoms with Crippen LogP contribution in [0.1, 0.15) is 11.3 Å². The Bertz CT molecular complexity index is 518. The molecule has 1 aromatic heterocycles. The molecular formula is C12H9F3N2. The molecule has 0 saturated carbocycles. The van der Waals surface area contributed by atoms with Crippen molar-refractivity contribution >= 4 is 0 Å². The van der Waals surface area contributed by atoms with Crippen molar-refractivity contribution in [3.8, 4) is 11.3 Å². The van der Waals surface area contributed by atoms with Gasteiger partial charge in [-0.05, 0) is 19.1 Å². The van der Waals surface area contributed by atoms with Gasteiger partial charge in [0, 0.05) is 11.8 Å². The largest absolute Gasteiger partial charge is 0.416 e. The molecule has 0 unspecified atom stereocenters. The Kier molecular flexibility index (Phi) is 2.83. The lowest BCUT2D eigenvalue weighted by atomic mass is 10.1. The predicted molar refractivity (Wildman–Crippen MR) is 57.2 cm³/mol. The molecule has 0 amide bonds. The Balaban J connectivity index is 2.36. The van der Waals surface area contributed by atoms with Crippen LogP contribution in [-0.2, 0) is 6.18 Å². The lowest BCUT2D eigenvalue weighted by Crippen LogP contribution is -2.04. The molecule has 5 heteroatoms. The third kappa shape index (κ3) is 2.61. The molecule has 0 radical (unpaired) electrons. The van der Waals surface area contributed by atoms with Gasteiger partial charge in [0.25, 0.3) is 0 Å². The fourth-order valence-electron chi connectivity index (χ4n) is 1.43. The van der Waals surface area contributed by atoms with Gasteiger partial charge in [-0.2, -0.15) is 13.2 Å². The SMILES string of the molecule is Cc1cncc(-c2ccc(C(F)(F)F)cc2)n1. The second-order valence-electron chi connectivity index (χ2n) is 3.62. The van der Waals surface area contributed by atoms with Crippen molar-refractivity contribution in [1.29, 1.82) is 0 Å². The molecule has 0 spiro atoms. The number of rotatable bonds is 1. The molecule has 1 aromatic carbocycles. The fourth-order valence-corrected chi connectivity index (χ4v) is 1.43. The summed E-state index contributed by atoms with van der Waals surface area (Å²) in [6.07, 6.45) is -1.19. The molecule has 2 rings (SSSR count). The summed E-state index contributed by atoms with van der Waals surface area (Å²) >= 11 is 0. The van der Waals surface area contributed by atoms with Crippen LogP contribution < -0.4 is 0 Å². The standard InChI is InChI=1S/C12H9F3N2/c1-8-6-16-7-11(17-8)9-2-4-10(5-3-9)12(13,14)15/h2-7H,1H3. The highest BCUT2D eigenvalue weighted by molar-refractivity contribution is 5.58. The van der Waals surface area contributed by atoms with Crippen molar-refractivity contribution in [3.63, 3.8) is 0 Å². The summed E-state index contributed by atoms with van der Waals surface area (Å²) in [5.74, 6) is 0. The van der Waals surface area contributed by atoms with E-state index < -0.39 is 11.7 Å². The van der Waals surface area contributed by atoms with Crippen LogP contribution in [0.3, 0.4) is 0 Å². The molecule has 88 valence electrons. The average molecular weight is 238 g/mol. The number of halogens is 3. The molecule has 17 heavy (non-hydrogen) atoms. The predicted octanol–water partition coefficient (Wildman–Crippen LogP) is 3.47.